The Labute approximate surface area is 233 Å². The minimum Gasteiger partial charge on any atom is -0.469 e. The van der Waals surface area contributed by atoms with Gasteiger partial charge in [0.1, 0.15) is 0 Å². The van der Waals surface area contributed by atoms with Crippen molar-refractivity contribution >= 4 is 22.1 Å². The summed E-state index contributed by atoms with van der Waals surface area (Å²) in [6, 6.07) is 0. The topological polar surface area (TPSA) is 139 Å². The molecule has 0 aromatic carbocycles. The molecule has 4 saturated carbocycles. The van der Waals surface area contributed by atoms with E-state index in [4.69, 9.17) is 4.74 Å². The maximum atomic E-state index is 12.0. The van der Waals surface area contributed by atoms with Gasteiger partial charge in [0.2, 0.25) is 10.0 Å². The maximum Gasteiger partial charge on any atom is 0.420 e. The number of carbonyl (C=O) groups is 2. The molecule has 0 bridgehead atoms. The summed E-state index contributed by atoms with van der Waals surface area (Å²) < 4.78 is 35.4. The van der Waals surface area contributed by atoms with Crippen LogP contribution >= 0.6 is 0 Å². The second-order valence-electron chi connectivity index (χ2n) is 13.2. The smallest absolute Gasteiger partial charge is 0.420 e. The number of hydrogen-bond donors (Lipinski definition) is 3. The molecule has 0 spiro atoms. The zero-order valence-corrected chi connectivity index (χ0v) is 24.9. The van der Waals surface area contributed by atoms with Crippen LogP contribution < -0.4 is 4.72 Å². The van der Waals surface area contributed by atoms with Crippen molar-refractivity contribution in [2.75, 3.05) is 19.5 Å². The molecule has 224 valence electrons. The van der Waals surface area contributed by atoms with Gasteiger partial charge < -0.3 is 19.7 Å². The SMILES string of the molecule is CC[C@H]1[C@@H](O)[C@@H]2[C@H](CC[C@]3(C)[C@@H](CCCOC(=O)NS(=O)(=O)CCC(=O)OC)CC[C@@H]23)[C@@]2(C)CC[C@@H](O)C[C@@H]12. The predicted molar refractivity (Wildman–Crippen MR) is 146 cm³/mol. The van der Waals surface area contributed by atoms with Crippen LogP contribution in [-0.4, -0.2) is 62.4 Å². The molecule has 4 fully saturated rings. The Balaban J connectivity index is 1.33. The molecule has 4 rings (SSSR count). The third-order valence-corrected chi connectivity index (χ3v) is 12.8. The summed E-state index contributed by atoms with van der Waals surface area (Å²) in [5, 5.41) is 22.2. The van der Waals surface area contributed by atoms with E-state index < -0.39 is 27.8 Å². The number of rotatable bonds is 9. The van der Waals surface area contributed by atoms with Crippen LogP contribution in [-0.2, 0) is 24.3 Å². The van der Waals surface area contributed by atoms with E-state index in [1.165, 1.54) is 7.11 Å². The standard InChI is InChI=1S/C29H49NO8S/c1-5-20-23-17-19(31)10-13-29(23,3)22-11-14-28(2)18(8-9-21(28)25(22)26(20)33)7-6-15-38-27(34)30-39(35,36)16-12-24(32)37-4/h18-23,25-26,31,33H,5-17H2,1-4H3,(H,30,34)/t18-,19+,20+,21-,22-,23-,25-,26+,28+,29+/m0/s1. The van der Waals surface area contributed by atoms with Crippen molar-refractivity contribution in [1.82, 2.24) is 4.72 Å². The summed E-state index contributed by atoms with van der Waals surface area (Å²) in [4.78, 5) is 23.2. The molecule has 4 aliphatic rings. The van der Waals surface area contributed by atoms with E-state index in [2.05, 4.69) is 25.5 Å². The molecule has 0 aromatic rings. The van der Waals surface area contributed by atoms with Gasteiger partial charge in [-0.05, 0) is 104 Å². The van der Waals surface area contributed by atoms with Gasteiger partial charge in [-0.15, -0.1) is 0 Å². The molecule has 1 amide bonds. The first kappa shape index (κ1) is 30.6. The summed E-state index contributed by atoms with van der Waals surface area (Å²) in [5.41, 5.74) is 0.318. The highest BCUT2D eigenvalue weighted by Gasteiger charge is 2.64. The highest BCUT2D eigenvalue weighted by atomic mass is 32.2. The lowest BCUT2D eigenvalue weighted by Gasteiger charge is -2.64. The zero-order chi connectivity index (χ0) is 28.6. The number of methoxy groups -OCH3 is 1. The lowest BCUT2D eigenvalue weighted by atomic mass is 9.41. The number of aliphatic hydroxyl groups excluding tert-OH is 2. The Morgan fingerprint density at radius 1 is 1.00 bits per heavy atom. The van der Waals surface area contributed by atoms with Gasteiger partial charge >= 0.3 is 12.1 Å². The second kappa shape index (κ2) is 11.8. The van der Waals surface area contributed by atoms with Crippen LogP contribution in [0.5, 0.6) is 0 Å². The second-order valence-corrected chi connectivity index (χ2v) is 15.1. The molecule has 0 radical (unpaired) electrons. The summed E-state index contributed by atoms with van der Waals surface area (Å²) in [7, 11) is -2.79. The number of nitrogens with one attached hydrogen (secondary N) is 1. The van der Waals surface area contributed by atoms with Crippen molar-refractivity contribution < 1.29 is 37.7 Å². The Morgan fingerprint density at radius 3 is 2.38 bits per heavy atom. The normalized spacial score (nSPS) is 41.6. The van der Waals surface area contributed by atoms with Crippen LogP contribution in [0, 0.1) is 46.3 Å². The van der Waals surface area contributed by atoms with E-state index in [-0.39, 0.29) is 42.0 Å². The molecule has 9 nitrogen and oxygen atoms in total. The monoisotopic (exact) mass is 571 g/mol. The summed E-state index contributed by atoms with van der Waals surface area (Å²) in [5.74, 6) is 1.17. The minimum absolute atomic E-state index is 0.129. The van der Waals surface area contributed by atoms with Crippen LogP contribution in [0.4, 0.5) is 4.79 Å². The fourth-order valence-electron chi connectivity index (χ4n) is 9.56. The van der Waals surface area contributed by atoms with Crippen molar-refractivity contribution in [2.24, 2.45) is 46.3 Å². The van der Waals surface area contributed by atoms with Crippen LogP contribution in [0.1, 0.15) is 91.4 Å². The van der Waals surface area contributed by atoms with Gasteiger partial charge in [-0.1, -0.05) is 27.2 Å². The number of carbonyl (C=O) groups excluding carboxylic acids is 2. The molecule has 0 aliphatic heterocycles. The van der Waals surface area contributed by atoms with Crippen LogP contribution in [0.3, 0.4) is 0 Å². The maximum absolute atomic E-state index is 12.0. The zero-order valence-electron chi connectivity index (χ0n) is 24.1. The minimum atomic E-state index is -3.97. The van der Waals surface area contributed by atoms with Gasteiger partial charge in [-0.2, -0.15) is 0 Å². The molecule has 39 heavy (non-hydrogen) atoms. The third-order valence-electron chi connectivity index (χ3n) is 11.6. The Bertz CT molecular complexity index is 1000. The van der Waals surface area contributed by atoms with Gasteiger partial charge in [-0.3, -0.25) is 4.79 Å². The average Bonchev–Trinajstić information content (AvgIpc) is 3.22. The summed E-state index contributed by atoms with van der Waals surface area (Å²) in [6.45, 7) is 7.17. The number of esters is 1. The van der Waals surface area contributed by atoms with Gasteiger partial charge in [0.25, 0.3) is 0 Å². The van der Waals surface area contributed by atoms with E-state index in [1.807, 2.05) is 4.72 Å². The van der Waals surface area contributed by atoms with E-state index >= 15 is 0 Å². The quantitative estimate of drug-likeness (QED) is 0.279. The molecule has 0 aromatic heterocycles. The van der Waals surface area contributed by atoms with E-state index in [0.717, 1.165) is 57.8 Å². The van der Waals surface area contributed by atoms with Crippen molar-refractivity contribution in [3.05, 3.63) is 0 Å². The van der Waals surface area contributed by atoms with E-state index in [9.17, 15) is 28.2 Å². The Morgan fingerprint density at radius 2 is 1.69 bits per heavy atom. The van der Waals surface area contributed by atoms with Crippen LogP contribution in [0.25, 0.3) is 0 Å². The third kappa shape index (κ3) is 5.98. The number of hydrogen-bond acceptors (Lipinski definition) is 8. The molecule has 10 heteroatoms. The van der Waals surface area contributed by atoms with Gasteiger partial charge in [-0.25, -0.2) is 17.9 Å². The van der Waals surface area contributed by atoms with E-state index in [1.54, 1.807) is 0 Å². The number of amides is 1. The number of aliphatic hydroxyl groups is 2. The molecule has 0 saturated heterocycles. The first-order valence-electron chi connectivity index (χ1n) is 15.0. The molecular weight excluding hydrogens is 522 g/mol. The van der Waals surface area contributed by atoms with Crippen molar-refractivity contribution in [2.45, 2.75) is 104 Å². The lowest BCUT2D eigenvalue weighted by molar-refractivity contribution is -0.202. The highest BCUT2D eigenvalue weighted by Crippen LogP contribution is 2.69. The van der Waals surface area contributed by atoms with Crippen molar-refractivity contribution in [1.29, 1.82) is 0 Å². The molecule has 0 unspecified atom stereocenters. The van der Waals surface area contributed by atoms with Gasteiger partial charge in [0, 0.05) is 0 Å². The molecular formula is C29H49NO8S. The predicted octanol–water partition coefficient (Wildman–Crippen LogP) is 4.01. The highest BCUT2D eigenvalue weighted by molar-refractivity contribution is 7.90. The fourth-order valence-corrected chi connectivity index (χ4v) is 10.4. The fraction of sp³-hybridized carbons (Fsp3) is 0.931. The Kier molecular flexibility index (Phi) is 9.28. The molecule has 3 N–H and O–H groups in total. The number of fused-ring (bicyclic) bond motifs is 5. The summed E-state index contributed by atoms with van der Waals surface area (Å²) >= 11 is 0. The van der Waals surface area contributed by atoms with Gasteiger partial charge in [0.15, 0.2) is 0 Å². The summed E-state index contributed by atoms with van der Waals surface area (Å²) in [6.07, 6.45) is 7.77. The molecule has 4 aliphatic carbocycles. The van der Waals surface area contributed by atoms with Crippen LogP contribution in [0.15, 0.2) is 0 Å². The lowest BCUT2D eigenvalue weighted by Crippen LogP contribution is -2.62. The number of ether oxygens (including phenoxy) is 2. The van der Waals surface area contributed by atoms with Crippen LogP contribution in [0.2, 0.25) is 0 Å². The van der Waals surface area contributed by atoms with Crippen molar-refractivity contribution in [3.63, 3.8) is 0 Å². The number of sulfonamides is 1. The largest absolute Gasteiger partial charge is 0.469 e. The first-order chi connectivity index (χ1) is 18.4. The molecule has 10 atom stereocenters. The van der Waals surface area contributed by atoms with E-state index in [0.29, 0.717) is 36.0 Å². The molecule has 0 heterocycles. The van der Waals surface area contributed by atoms with Crippen molar-refractivity contribution in [3.8, 4) is 0 Å². The Hall–Kier alpha value is -1.39. The average molecular weight is 572 g/mol. The van der Waals surface area contributed by atoms with Gasteiger partial charge in [0.05, 0.1) is 38.1 Å². The first-order valence-corrected chi connectivity index (χ1v) is 16.6.